The third kappa shape index (κ3) is 3.50. The minimum absolute atomic E-state index is 0.0481. The van der Waals surface area contributed by atoms with Gasteiger partial charge < -0.3 is 43.4 Å². The van der Waals surface area contributed by atoms with Gasteiger partial charge in [-0.05, 0) is 43.6 Å². The number of rotatable bonds is 3. The van der Waals surface area contributed by atoms with Crippen LogP contribution in [0.4, 0.5) is 0 Å². The average molecular weight is 603 g/mol. The number of esters is 2. The van der Waals surface area contributed by atoms with Gasteiger partial charge in [0.1, 0.15) is 36.1 Å². The minimum atomic E-state index is -1.73. The number of ether oxygens (including phenoxy) is 7. The summed E-state index contributed by atoms with van der Waals surface area (Å²) in [5.41, 5.74) is -1.28. The van der Waals surface area contributed by atoms with Crippen LogP contribution in [0.2, 0.25) is 0 Å². The van der Waals surface area contributed by atoms with Gasteiger partial charge in [-0.3, -0.25) is 4.79 Å². The summed E-state index contributed by atoms with van der Waals surface area (Å²) < 4.78 is 42.3. The molecule has 4 heterocycles. The van der Waals surface area contributed by atoms with Crippen molar-refractivity contribution < 1.29 is 53.0 Å². The van der Waals surface area contributed by atoms with E-state index in [0.29, 0.717) is 25.7 Å². The van der Waals surface area contributed by atoms with Crippen molar-refractivity contribution in [3.63, 3.8) is 0 Å². The lowest BCUT2D eigenvalue weighted by atomic mass is 9.44. The van der Waals surface area contributed by atoms with Gasteiger partial charge in [-0.15, -0.1) is 0 Å². The molecule has 4 aliphatic carbocycles. The second-order valence-electron chi connectivity index (χ2n) is 14.7. The van der Waals surface area contributed by atoms with Crippen molar-refractivity contribution in [2.75, 3.05) is 13.7 Å². The summed E-state index contributed by atoms with van der Waals surface area (Å²) in [5, 5.41) is 24.6. The maximum Gasteiger partial charge on any atom is 0.331 e. The second-order valence-corrected chi connectivity index (χ2v) is 14.7. The molecule has 8 aliphatic rings. The first-order valence-corrected chi connectivity index (χ1v) is 15.7. The molecule has 0 aromatic heterocycles. The molecule has 0 radical (unpaired) electrons. The number of hydrogen-bond donors (Lipinski definition) is 2. The van der Waals surface area contributed by atoms with E-state index in [0.717, 1.165) is 12.0 Å². The number of carbonyl (C=O) groups excluding carboxylic acids is 2. The zero-order valence-corrected chi connectivity index (χ0v) is 25.4. The first-order valence-electron chi connectivity index (χ1n) is 15.7. The van der Waals surface area contributed by atoms with Crippen LogP contribution in [-0.4, -0.2) is 95.8 Å². The van der Waals surface area contributed by atoms with Crippen molar-refractivity contribution in [3.8, 4) is 0 Å². The number of hydrogen-bond acceptors (Lipinski definition) is 11. The van der Waals surface area contributed by atoms with Crippen LogP contribution in [0.15, 0.2) is 23.3 Å². The highest BCUT2D eigenvalue weighted by Gasteiger charge is 2.86. The quantitative estimate of drug-likeness (QED) is 0.279. The molecule has 0 amide bonds. The van der Waals surface area contributed by atoms with Crippen molar-refractivity contribution in [2.45, 2.75) is 126 Å². The topological polar surface area (TPSA) is 143 Å². The number of cyclic esters (lactones) is 1. The van der Waals surface area contributed by atoms with Gasteiger partial charge in [-0.25, -0.2) is 4.79 Å². The molecule has 3 saturated carbocycles. The molecule has 236 valence electrons. The van der Waals surface area contributed by atoms with Crippen LogP contribution in [0.25, 0.3) is 0 Å². The minimum Gasteiger partial charge on any atom is -0.462 e. The highest BCUT2D eigenvalue weighted by Crippen LogP contribution is 2.77. The van der Waals surface area contributed by atoms with Crippen molar-refractivity contribution in [1.82, 2.24) is 0 Å². The smallest absolute Gasteiger partial charge is 0.331 e. The van der Waals surface area contributed by atoms with E-state index in [1.54, 1.807) is 7.11 Å². The number of carbonyl (C=O) groups is 2. The first kappa shape index (κ1) is 28.6. The van der Waals surface area contributed by atoms with Crippen LogP contribution in [0.1, 0.15) is 66.2 Å². The molecule has 0 unspecified atom stereocenters. The molecule has 3 saturated heterocycles. The molecule has 6 fully saturated rings. The van der Waals surface area contributed by atoms with Crippen LogP contribution in [0.3, 0.4) is 0 Å². The van der Waals surface area contributed by atoms with Gasteiger partial charge in [0, 0.05) is 50.2 Å². The standard InChI is InChI=1S/C32H42O11/c1-15-8-24(37-5)32(36)27(39-15)41-19-10-18-11-23-31(43-23)22(28(18,3)12-20(19)42-32)6-7-29(4)26(17-9-25(34)38-14-17)21(40-16(2)33)13-30(29,31)35/h9-10,15,19-24,26-27,35-36H,6-8,11-14H2,1-5H3/t15-,19-,20-,21-,22-,23-,24-,26+,27+,28+,29-,30-,31+,32+/m1/s1. The molecule has 8 rings (SSSR count). The maximum absolute atomic E-state index is 13.0. The van der Waals surface area contributed by atoms with E-state index in [2.05, 4.69) is 19.9 Å². The van der Waals surface area contributed by atoms with Gasteiger partial charge in [0.2, 0.25) is 12.1 Å². The van der Waals surface area contributed by atoms with Crippen molar-refractivity contribution in [3.05, 3.63) is 23.3 Å². The fourth-order valence-corrected chi connectivity index (χ4v) is 10.8. The van der Waals surface area contributed by atoms with Crippen molar-refractivity contribution in [1.29, 1.82) is 0 Å². The van der Waals surface area contributed by atoms with Crippen LogP contribution in [0.5, 0.6) is 0 Å². The van der Waals surface area contributed by atoms with E-state index in [1.807, 2.05) is 6.92 Å². The zero-order valence-electron chi connectivity index (χ0n) is 25.4. The normalized spacial score (nSPS) is 56.2. The molecule has 2 N–H and O–H groups in total. The van der Waals surface area contributed by atoms with Gasteiger partial charge in [-0.2, -0.15) is 0 Å². The van der Waals surface area contributed by atoms with E-state index in [1.165, 1.54) is 18.6 Å². The van der Waals surface area contributed by atoms with Crippen molar-refractivity contribution >= 4 is 11.9 Å². The Kier molecular flexibility index (Phi) is 5.92. The van der Waals surface area contributed by atoms with Gasteiger partial charge in [0.15, 0.2) is 0 Å². The summed E-state index contributed by atoms with van der Waals surface area (Å²) in [6.45, 7) is 7.72. The molecule has 4 aliphatic heterocycles. The summed E-state index contributed by atoms with van der Waals surface area (Å²) >= 11 is 0. The molecular weight excluding hydrogens is 560 g/mol. The molecule has 43 heavy (non-hydrogen) atoms. The lowest BCUT2D eigenvalue weighted by molar-refractivity contribution is -0.450. The number of epoxide rings is 1. The summed E-state index contributed by atoms with van der Waals surface area (Å²) in [7, 11) is 1.56. The third-order valence-electron chi connectivity index (χ3n) is 12.6. The van der Waals surface area contributed by atoms with E-state index in [-0.39, 0.29) is 37.1 Å². The molecule has 11 heteroatoms. The van der Waals surface area contributed by atoms with Crippen LogP contribution < -0.4 is 0 Å². The summed E-state index contributed by atoms with van der Waals surface area (Å²) in [4.78, 5) is 24.4. The van der Waals surface area contributed by atoms with Gasteiger partial charge in [0.25, 0.3) is 0 Å². The van der Waals surface area contributed by atoms with E-state index >= 15 is 0 Å². The SMILES string of the molecule is CO[C@@H]1C[C@@H](C)O[C@H]2O[C@@H]3C=C4C[C@H]5O[C@@]56[C@H](CC[C@]5(C)[C@@H](C7=CC(=O)OC7)[C@H](OC(C)=O)C[C@]65O)[C@@]4(C)C[C@H]3O[C@]21O. The monoisotopic (exact) mass is 602 g/mol. The van der Waals surface area contributed by atoms with Gasteiger partial charge in [0.05, 0.1) is 18.3 Å². The molecule has 0 aromatic carbocycles. The van der Waals surface area contributed by atoms with Gasteiger partial charge in [-0.1, -0.05) is 25.5 Å². The maximum atomic E-state index is 13.0. The first-order chi connectivity index (χ1) is 20.3. The Balaban J connectivity index is 1.15. The average Bonchev–Trinajstić information content (AvgIpc) is 3.41. The lowest BCUT2D eigenvalue weighted by Gasteiger charge is -2.61. The lowest BCUT2D eigenvalue weighted by Crippen LogP contribution is -2.70. The van der Waals surface area contributed by atoms with Crippen molar-refractivity contribution in [2.24, 2.45) is 22.7 Å². The molecule has 1 spiro atoms. The molecular formula is C32H42O11. The Labute approximate surface area is 250 Å². The van der Waals surface area contributed by atoms with Gasteiger partial charge >= 0.3 is 11.9 Å². The number of aliphatic hydroxyl groups is 2. The predicted molar refractivity (Wildman–Crippen MR) is 146 cm³/mol. The molecule has 0 bridgehead atoms. The predicted octanol–water partition coefficient (Wildman–Crippen LogP) is 2.07. The third-order valence-corrected chi connectivity index (χ3v) is 12.6. The largest absolute Gasteiger partial charge is 0.462 e. The number of fused-ring (bicyclic) bond motifs is 5. The van der Waals surface area contributed by atoms with Crippen LogP contribution in [-0.2, 0) is 42.7 Å². The molecule has 14 atom stereocenters. The fraction of sp³-hybridized carbons (Fsp3) is 0.812. The van der Waals surface area contributed by atoms with Crippen LogP contribution in [0, 0.1) is 22.7 Å². The Morgan fingerprint density at radius 3 is 2.63 bits per heavy atom. The zero-order chi connectivity index (χ0) is 30.3. The highest BCUT2D eigenvalue weighted by atomic mass is 16.8. The Morgan fingerprint density at radius 1 is 1.14 bits per heavy atom. The Bertz CT molecular complexity index is 1330. The fourth-order valence-electron chi connectivity index (χ4n) is 10.8. The Morgan fingerprint density at radius 2 is 1.93 bits per heavy atom. The number of methoxy groups -OCH3 is 1. The van der Waals surface area contributed by atoms with E-state index < -0.39 is 70.5 Å². The van der Waals surface area contributed by atoms with E-state index in [9.17, 15) is 19.8 Å². The highest BCUT2D eigenvalue weighted by molar-refractivity contribution is 5.85. The van der Waals surface area contributed by atoms with Crippen LogP contribution >= 0.6 is 0 Å². The summed E-state index contributed by atoms with van der Waals surface area (Å²) in [5.74, 6) is -2.98. The summed E-state index contributed by atoms with van der Waals surface area (Å²) in [6.07, 6.45) is 3.60. The van der Waals surface area contributed by atoms with E-state index in [4.69, 9.17) is 33.2 Å². The molecule has 0 aromatic rings. The summed E-state index contributed by atoms with van der Waals surface area (Å²) in [6, 6.07) is 0. The second kappa shape index (κ2) is 8.90. The Hall–Kier alpha value is -1.86. The molecule has 11 nitrogen and oxygen atoms in total.